The average molecular weight is 286 g/mol. The Bertz CT molecular complexity index is 579. The topological polar surface area (TPSA) is 34.0 Å². The molecule has 0 radical (unpaired) electrons. The maximum Gasteiger partial charge on any atom is 0.123 e. The van der Waals surface area contributed by atoms with Crippen molar-refractivity contribution in [2.45, 2.75) is 32.8 Å². The zero-order chi connectivity index (χ0) is 15.1. The van der Waals surface area contributed by atoms with Gasteiger partial charge in [0.15, 0.2) is 0 Å². The van der Waals surface area contributed by atoms with Gasteiger partial charge in [0.25, 0.3) is 0 Å². The second-order valence-electron chi connectivity index (χ2n) is 4.89. The van der Waals surface area contributed by atoms with Crippen LogP contribution in [0, 0.1) is 5.82 Å². The van der Waals surface area contributed by atoms with Crippen LogP contribution in [-0.2, 0) is 0 Å². The highest BCUT2D eigenvalue weighted by Gasteiger charge is 2.02. The first-order chi connectivity index (χ1) is 10.2. The highest BCUT2D eigenvalue weighted by Crippen LogP contribution is 2.22. The van der Waals surface area contributed by atoms with Gasteiger partial charge in [0.1, 0.15) is 11.6 Å². The summed E-state index contributed by atoms with van der Waals surface area (Å²) < 4.78 is 18.5. The van der Waals surface area contributed by atoms with E-state index in [2.05, 4.69) is 24.1 Å². The molecule has 0 saturated carbocycles. The van der Waals surface area contributed by atoms with Crippen LogP contribution in [0.25, 0.3) is 0 Å². The molecule has 2 aromatic rings. The molecule has 0 fully saturated rings. The van der Waals surface area contributed by atoms with Gasteiger partial charge >= 0.3 is 0 Å². The predicted molar refractivity (Wildman–Crippen MR) is 82.0 cm³/mol. The standard InChI is InChI=1S/C17H19FN2O/c1-3-4-13(2)21-17-11-9-16(10-12-17)20-19-15-7-5-14(18)6-8-15/h5-13H,3-4H2,1-2H3. The van der Waals surface area contributed by atoms with Gasteiger partial charge < -0.3 is 4.74 Å². The third kappa shape index (κ3) is 4.99. The maximum atomic E-state index is 12.8. The lowest BCUT2D eigenvalue weighted by Gasteiger charge is -2.13. The molecule has 0 spiro atoms. The predicted octanol–water partition coefficient (Wildman–Crippen LogP) is 5.81. The number of rotatable bonds is 6. The molecular weight excluding hydrogens is 267 g/mol. The molecule has 0 aliphatic rings. The number of nitrogens with zero attached hydrogens (tertiary/aromatic N) is 2. The lowest BCUT2D eigenvalue weighted by Crippen LogP contribution is -2.10. The molecule has 21 heavy (non-hydrogen) atoms. The van der Waals surface area contributed by atoms with Crippen molar-refractivity contribution >= 4 is 11.4 Å². The quantitative estimate of drug-likeness (QED) is 0.617. The minimum Gasteiger partial charge on any atom is -0.491 e. The summed E-state index contributed by atoms with van der Waals surface area (Å²) in [6.07, 6.45) is 2.35. The molecule has 0 bridgehead atoms. The largest absolute Gasteiger partial charge is 0.491 e. The van der Waals surface area contributed by atoms with Crippen LogP contribution in [0.3, 0.4) is 0 Å². The van der Waals surface area contributed by atoms with Crippen LogP contribution < -0.4 is 4.74 Å². The lowest BCUT2D eigenvalue weighted by atomic mass is 10.2. The van der Waals surface area contributed by atoms with Crippen LogP contribution in [0.15, 0.2) is 58.8 Å². The zero-order valence-electron chi connectivity index (χ0n) is 12.3. The van der Waals surface area contributed by atoms with Gasteiger partial charge in [-0.1, -0.05) is 13.3 Å². The number of benzene rings is 2. The summed E-state index contributed by atoms with van der Waals surface area (Å²) in [5.74, 6) is 0.549. The van der Waals surface area contributed by atoms with Gasteiger partial charge in [-0.2, -0.15) is 10.2 Å². The number of halogens is 1. The monoisotopic (exact) mass is 286 g/mol. The van der Waals surface area contributed by atoms with E-state index in [0.717, 1.165) is 24.3 Å². The summed E-state index contributed by atoms with van der Waals surface area (Å²) in [4.78, 5) is 0. The van der Waals surface area contributed by atoms with Gasteiger partial charge in [-0.3, -0.25) is 0 Å². The summed E-state index contributed by atoms with van der Waals surface area (Å²) >= 11 is 0. The van der Waals surface area contributed by atoms with Crippen molar-refractivity contribution in [1.29, 1.82) is 0 Å². The number of ether oxygens (including phenoxy) is 1. The molecule has 3 nitrogen and oxygen atoms in total. The molecule has 1 unspecified atom stereocenters. The van der Waals surface area contributed by atoms with E-state index in [-0.39, 0.29) is 11.9 Å². The minimum absolute atomic E-state index is 0.210. The second kappa shape index (κ2) is 7.53. The fourth-order valence-corrected chi connectivity index (χ4v) is 1.91. The molecule has 0 N–H and O–H groups in total. The Balaban J connectivity index is 1.97. The van der Waals surface area contributed by atoms with E-state index >= 15 is 0 Å². The normalized spacial score (nSPS) is 12.5. The fourth-order valence-electron chi connectivity index (χ4n) is 1.91. The summed E-state index contributed by atoms with van der Waals surface area (Å²) in [6.45, 7) is 4.20. The molecule has 0 aliphatic carbocycles. The van der Waals surface area contributed by atoms with E-state index in [1.165, 1.54) is 12.1 Å². The minimum atomic E-state index is -0.281. The van der Waals surface area contributed by atoms with E-state index in [1.54, 1.807) is 12.1 Å². The third-order valence-corrected chi connectivity index (χ3v) is 2.98. The number of hydrogen-bond donors (Lipinski definition) is 0. The van der Waals surface area contributed by atoms with Crippen molar-refractivity contribution in [3.8, 4) is 5.75 Å². The SMILES string of the molecule is CCCC(C)Oc1ccc(N=Nc2ccc(F)cc2)cc1. The molecule has 0 amide bonds. The van der Waals surface area contributed by atoms with Crippen molar-refractivity contribution in [3.63, 3.8) is 0 Å². The molecule has 4 heteroatoms. The van der Waals surface area contributed by atoms with Gasteiger partial charge in [0, 0.05) is 0 Å². The number of hydrogen-bond acceptors (Lipinski definition) is 3. The van der Waals surface area contributed by atoms with E-state index < -0.39 is 0 Å². The first kappa shape index (κ1) is 15.2. The van der Waals surface area contributed by atoms with Crippen LogP contribution in [0.5, 0.6) is 5.75 Å². The molecule has 2 rings (SSSR count). The smallest absolute Gasteiger partial charge is 0.123 e. The summed E-state index contributed by atoms with van der Waals surface area (Å²) in [5, 5.41) is 8.16. The van der Waals surface area contributed by atoms with Gasteiger partial charge in [0.05, 0.1) is 17.5 Å². The van der Waals surface area contributed by atoms with Gasteiger partial charge in [-0.15, -0.1) is 0 Å². The van der Waals surface area contributed by atoms with Crippen molar-refractivity contribution < 1.29 is 9.13 Å². The Hall–Kier alpha value is -2.23. The molecule has 110 valence electrons. The average Bonchev–Trinajstić information content (AvgIpc) is 2.48. The number of azo groups is 1. The zero-order valence-corrected chi connectivity index (χ0v) is 12.3. The van der Waals surface area contributed by atoms with Gasteiger partial charge in [-0.05, 0) is 61.9 Å². The summed E-state index contributed by atoms with van der Waals surface area (Å²) in [6, 6.07) is 13.4. The van der Waals surface area contributed by atoms with Crippen molar-refractivity contribution in [1.82, 2.24) is 0 Å². The molecule has 0 heterocycles. The Labute approximate surface area is 124 Å². The Morgan fingerprint density at radius 2 is 1.48 bits per heavy atom. The molecule has 0 saturated heterocycles. The molecular formula is C17H19FN2O. The highest BCUT2D eigenvalue weighted by atomic mass is 19.1. The second-order valence-corrected chi connectivity index (χ2v) is 4.89. The molecule has 0 aromatic heterocycles. The van der Waals surface area contributed by atoms with Crippen LogP contribution in [0.2, 0.25) is 0 Å². The Morgan fingerprint density at radius 3 is 2.00 bits per heavy atom. The van der Waals surface area contributed by atoms with Crippen molar-refractivity contribution in [3.05, 3.63) is 54.3 Å². The summed E-state index contributed by atoms with van der Waals surface area (Å²) in [7, 11) is 0. The van der Waals surface area contributed by atoms with Crippen molar-refractivity contribution in [2.24, 2.45) is 10.2 Å². The fraction of sp³-hybridized carbons (Fsp3) is 0.294. The third-order valence-electron chi connectivity index (χ3n) is 2.98. The molecule has 1 atom stereocenters. The van der Waals surface area contributed by atoms with Crippen LogP contribution >= 0.6 is 0 Å². The highest BCUT2D eigenvalue weighted by molar-refractivity contribution is 5.42. The molecule has 2 aromatic carbocycles. The van der Waals surface area contributed by atoms with Crippen LogP contribution in [0.1, 0.15) is 26.7 Å². The first-order valence-corrected chi connectivity index (χ1v) is 7.11. The first-order valence-electron chi connectivity index (χ1n) is 7.11. The van der Waals surface area contributed by atoms with E-state index in [1.807, 2.05) is 24.3 Å². The van der Waals surface area contributed by atoms with E-state index in [0.29, 0.717) is 5.69 Å². The van der Waals surface area contributed by atoms with E-state index in [4.69, 9.17) is 4.74 Å². The molecule has 0 aliphatic heterocycles. The summed E-state index contributed by atoms with van der Waals surface area (Å²) in [5.41, 5.74) is 1.35. The lowest BCUT2D eigenvalue weighted by molar-refractivity contribution is 0.210. The Kier molecular flexibility index (Phi) is 5.43. The van der Waals surface area contributed by atoms with E-state index in [9.17, 15) is 4.39 Å². The van der Waals surface area contributed by atoms with Crippen molar-refractivity contribution in [2.75, 3.05) is 0 Å². The Morgan fingerprint density at radius 1 is 0.952 bits per heavy atom. The van der Waals surface area contributed by atoms with Crippen LogP contribution in [-0.4, -0.2) is 6.10 Å². The van der Waals surface area contributed by atoms with Crippen LogP contribution in [0.4, 0.5) is 15.8 Å². The van der Waals surface area contributed by atoms with Gasteiger partial charge in [-0.25, -0.2) is 4.39 Å². The maximum absolute atomic E-state index is 12.8. The van der Waals surface area contributed by atoms with Gasteiger partial charge in [0.2, 0.25) is 0 Å².